The number of nitrogens with one attached hydrogen (secondary N) is 1. The van der Waals surface area contributed by atoms with Crippen molar-refractivity contribution in [2.75, 3.05) is 6.61 Å². The van der Waals surface area contributed by atoms with Crippen LogP contribution in [0.15, 0.2) is 36.4 Å². The van der Waals surface area contributed by atoms with E-state index in [9.17, 15) is 0 Å². The third-order valence-electron chi connectivity index (χ3n) is 3.35. The van der Waals surface area contributed by atoms with Crippen molar-refractivity contribution in [1.29, 1.82) is 5.41 Å². The van der Waals surface area contributed by atoms with E-state index in [4.69, 9.17) is 15.9 Å². The SMILES string of the molecule is N=C(N)c1ccc(OCC2CC2)c2ccccc12. The highest BCUT2D eigenvalue weighted by atomic mass is 16.5. The minimum atomic E-state index is 0.0972. The summed E-state index contributed by atoms with van der Waals surface area (Å²) in [5.41, 5.74) is 6.37. The number of hydrogen-bond donors (Lipinski definition) is 2. The molecule has 0 saturated heterocycles. The lowest BCUT2D eigenvalue weighted by Gasteiger charge is -2.11. The zero-order valence-electron chi connectivity index (χ0n) is 10.1. The molecule has 0 atom stereocenters. The van der Waals surface area contributed by atoms with Crippen LogP contribution in [0.5, 0.6) is 5.75 Å². The molecule has 92 valence electrons. The lowest BCUT2D eigenvalue weighted by Crippen LogP contribution is -2.11. The average Bonchev–Trinajstić information content (AvgIpc) is 3.19. The molecule has 3 rings (SSSR count). The summed E-state index contributed by atoms with van der Waals surface area (Å²) >= 11 is 0. The fourth-order valence-electron chi connectivity index (χ4n) is 2.12. The highest BCUT2D eigenvalue weighted by Crippen LogP contribution is 2.32. The van der Waals surface area contributed by atoms with Gasteiger partial charge in [0, 0.05) is 10.9 Å². The molecule has 3 heteroatoms. The fourth-order valence-corrected chi connectivity index (χ4v) is 2.12. The van der Waals surface area contributed by atoms with Crippen LogP contribution in [0, 0.1) is 11.3 Å². The highest BCUT2D eigenvalue weighted by molar-refractivity contribution is 6.09. The molecular formula is C15H16N2O. The van der Waals surface area contributed by atoms with Gasteiger partial charge in [0.15, 0.2) is 0 Å². The Hall–Kier alpha value is -2.03. The van der Waals surface area contributed by atoms with Gasteiger partial charge in [-0.2, -0.15) is 0 Å². The Kier molecular flexibility index (Phi) is 2.67. The first-order valence-corrected chi connectivity index (χ1v) is 6.24. The van der Waals surface area contributed by atoms with Crippen molar-refractivity contribution in [3.8, 4) is 5.75 Å². The second-order valence-corrected chi connectivity index (χ2v) is 4.82. The van der Waals surface area contributed by atoms with E-state index in [2.05, 4.69) is 0 Å². The maximum absolute atomic E-state index is 7.61. The predicted octanol–water partition coefficient (Wildman–Crippen LogP) is 2.91. The molecule has 3 N–H and O–H groups in total. The van der Waals surface area contributed by atoms with Gasteiger partial charge in [0.2, 0.25) is 0 Å². The first-order valence-electron chi connectivity index (χ1n) is 6.24. The molecule has 0 aromatic heterocycles. The van der Waals surface area contributed by atoms with E-state index in [0.717, 1.165) is 34.6 Å². The number of rotatable bonds is 4. The van der Waals surface area contributed by atoms with Gasteiger partial charge in [-0.1, -0.05) is 24.3 Å². The van der Waals surface area contributed by atoms with Crippen molar-refractivity contribution in [1.82, 2.24) is 0 Å². The van der Waals surface area contributed by atoms with E-state index in [0.29, 0.717) is 0 Å². The molecule has 1 fully saturated rings. The van der Waals surface area contributed by atoms with Gasteiger partial charge in [-0.15, -0.1) is 0 Å². The molecule has 2 aromatic carbocycles. The molecule has 0 unspecified atom stereocenters. The van der Waals surface area contributed by atoms with E-state index in [1.807, 2.05) is 36.4 Å². The lowest BCUT2D eigenvalue weighted by molar-refractivity contribution is 0.303. The van der Waals surface area contributed by atoms with Gasteiger partial charge in [0.1, 0.15) is 11.6 Å². The third-order valence-corrected chi connectivity index (χ3v) is 3.35. The minimum Gasteiger partial charge on any atom is -0.493 e. The van der Waals surface area contributed by atoms with Gasteiger partial charge < -0.3 is 10.5 Å². The van der Waals surface area contributed by atoms with Crippen molar-refractivity contribution >= 4 is 16.6 Å². The molecule has 0 heterocycles. The van der Waals surface area contributed by atoms with Gasteiger partial charge in [-0.3, -0.25) is 5.41 Å². The Morgan fingerprint density at radius 1 is 1.17 bits per heavy atom. The molecule has 0 amide bonds. The zero-order chi connectivity index (χ0) is 12.5. The second kappa shape index (κ2) is 4.33. The minimum absolute atomic E-state index is 0.0972. The van der Waals surface area contributed by atoms with Crippen LogP contribution in [-0.4, -0.2) is 12.4 Å². The molecule has 3 nitrogen and oxygen atoms in total. The lowest BCUT2D eigenvalue weighted by atomic mass is 10.0. The van der Waals surface area contributed by atoms with Crippen molar-refractivity contribution in [2.24, 2.45) is 11.7 Å². The molecule has 1 aliphatic carbocycles. The number of nitrogen functional groups attached to an aromatic ring is 1. The van der Waals surface area contributed by atoms with Crippen molar-refractivity contribution in [3.63, 3.8) is 0 Å². The first kappa shape index (κ1) is 11.1. The predicted molar refractivity (Wildman–Crippen MR) is 73.2 cm³/mol. The number of hydrogen-bond acceptors (Lipinski definition) is 2. The van der Waals surface area contributed by atoms with Crippen molar-refractivity contribution < 1.29 is 4.74 Å². The van der Waals surface area contributed by atoms with Crippen molar-refractivity contribution in [2.45, 2.75) is 12.8 Å². The van der Waals surface area contributed by atoms with Gasteiger partial charge >= 0.3 is 0 Å². The first-order chi connectivity index (χ1) is 8.75. The topological polar surface area (TPSA) is 59.1 Å². The molecule has 1 saturated carbocycles. The molecule has 0 bridgehead atoms. The van der Waals surface area contributed by atoms with Crippen molar-refractivity contribution in [3.05, 3.63) is 42.0 Å². The maximum atomic E-state index is 7.61. The highest BCUT2D eigenvalue weighted by Gasteiger charge is 2.22. The number of benzene rings is 2. The van der Waals surface area contributed by atoms with Crippen LogP contribution < -0.4 is 10.5 Å². The Labute approximate surface area is 106 Å². The fraction of sp³-hybridized carbons (Fsp3) is 0.267. The molecule has 0 radical (unpaired) electrons. The second-order valence-electron chi connectivity index (χ2n) is 4.82. The van der Waals surface area contributed by atoms with Crippen LogP contribution in [0.3, 0.4) is 0 Å². The van der Waals surface area contributed by atoms with E-state index < -0.39 is 0 Å². The van der Waals surface area contributed by atoms with Gasteiger partial charge in [0.05, 0.1) is 6.61 Å². The van der Waals surface area contributed by atoms with Crippen LogP contribution in [-0.2, 0) is 0 Å². The molecular weight excluding hydrogens is 224 g/mol. The summed E-state index contributed by atoms with van der Waals surface area (Å²) in [6, 6.07) is 11.7. The van der Waals surface area contributed by atoms with E-state index >= 15 is 0 Å². The number of amidine groups is 1. The van der Waals surface area contributed by atoms with Gasteiger partial charge in [-0.05, 0) is 36.3 Å². The van der Waals surface area contributed by atoms with Gasteiger partial charge in [0.25, 0.3) is 0 Å². The normalized spacial score (nSPS) is 14.7. The Morgan fingerprint density at radius 3 is 2.56 bits per heavy atom. The van der Waals surface area contributed by atoms with Crippen LogP contribution in [0.25, 0.3) is 10.8 Å². The van der Waals surface area contributed by atoms with Gasteiger partial charge in [-0.25, -0.2) is 0 Å². The monoisotopic (exact) mass is 240 g/mol. The average molecular weight is 240 g/mol. The van der Waals surface area contributed by atoms with E-state index in [-0.39, 0.29) is 5.84 Å². The van der Waals surface area contributed by atoms with Crippen LogP contribution in [0.2, 0.25) is 0 Å². The van der Waals surface area contributed by atoms with Crippen LogP contribution in [0.1, 0.15) is 18.4 Å². The molecule has 2 aromatic rings. The Bertz CT molecular complexity index is 602. The number of ether oxygens (including phenoxy) is 1. The summed E-state index contributed by atoms with van der Waals surface area (Å²) in [5, 5.41) is 9.62. The molecule has 0 aliphatic heterocycles. The standard InChI is InChI=1S/C15H16N2O/c16-15(17)13-7-8-14(18-9-10-5-6-10)12-4-2-1-3-11(12)13/h1-4,7-8,10H,5-6,9H2,(H3,16,17). The maximum Gasteiger partial charge on any atom is 0.127 e. The molecule has 1 aliphatic rings. The summed E-state index contributed by atoms with van der Waals surface area (Å²) in [6.45, 7) is 0.795. The van der Waals surface area contributed by atoms with Crippen LogP contribution in [0.4, 0.5) is 0 Å². The largest absolute Gasteiger partial charge is 0.493 e. The van der Waals surface area contributed by atoms with E-state index in [1.54, 1.807) is 0 Å². The Balaban J connectivity index is 2.04. The molecule has 18 heavy (non-hydrogen) atoms. The number of nitrogens with two attached hydrogens (primary N) is 1. The summed E-state index contributed by atoms with van der Waals surface area (Å²) < 4.78 is 5.87. The van der Waals surface area contributed by atoms with E-state index in [1.165, 1.54) is 12.8 Å². The summed E-state index contributed by atoms with van der Waals surface area (Å²) in [5.74, 6) is 1.72. The summed E-state index contributed by atoms with van der Waals surface area (Å²) in [6.07, 6.45) is 2.56. The van der Waals surface area contributed by atoms with Crippen LogP contribution >= 0.6 is 0 Å². The number of fused-ring (bicyclic) bond motifs is 1. The Morgan fingerprint density at radius 2 is 1.89 bits per heavy atom. The smallest absolute Gasteiger partial charge is 0.127 e. The third kappa shape index (κ3) is 2.04. The zero-order valence-corrected chi connectivity index (χ0v) is 10.1. The summed E-state index contributed by atoms with van der Waals surface area (Å²) in [4.78, 5) is 0. The molecule has 0 spiro atoms. The summed E-state index contributed by atoms with van der Waals surface area (Å²) in [7, 11) is 0. The quantitative estimate of drug-likeness (QED) is 0.637.